The van der Waals surface area contributed by atoms with E-state index in [-0.39, 0.29) is 18.1 Å². The standard InChI is InChI=1S/C17H16N6O2/c1-10-15-12(5-6-13(20-15)11-3-4-11)16(25)23(22-10)9-14(24)21-17-18-7-2-8-19-17/h2,5-8,11H,3-4,9H2,1H3,(H,18,19,21,24). The van der Waals surface area contributed by atoms with Gasteiger partial charge in [-0.3, -0.25) is 19.9 Å². The smallest absolute Gasteiger partial charge is 0.276 e. The maximum absolute atomic E-state index is 12.6. The van der Waals surface area contributed by atoms with Gasteiger partial charge in [0.25, 0.3) is 5.56 Å². The molecule has 0 radical (unpaired) electrons. The Morgan fingerprint density at radius 3 is 2.76 bits per heavy atom. The highest BCUT2D eigenvalue weighted by Gasteiger charge is 2.25. The number of carbonyl (C=O) groups excluding carboxylic acids is 1. The summed E-state index contributed by atoms with van der Waals surface area (Å²) in [6.07, 6.45) is 5.33. The molecular weight excluding hydrogens is 320 g/mol. The number of aryl methyl sites for hydroxylation is 1. The SMILES string of the molecule is Cc1nn(CC(=O)Nc2ncccn2)c(=O)c2ccc(C3CC3)nc12. The van der Waals surface area contributed by atoms with Crippen LogP contribution in [0.4, 0.5) is 5.95 Å². The molecule has 0 aliphatic heterocycles. The number of fused-ring (bicyclic) bond motifs is 1. The largest absolute Gasteiger partial charge is 0.293 e. The zero-order chi connectivity index (χ0) is 17.4. The van der Waals surface area contributed by atoms with Crippen LogP contribution >= 0.6 is 0 Å². The number of hydrogen-bond donors (Lipinski definition) is 1. The number of anilines is 1. The van der Waals surface area contributed by atoms with Crippen LogP contribution in [0.3, 0.4) is 0 Å². The molecule has 0 spiro atoms. The van der Waals surface area contributed by atoms with Crippen molar-refractivity contribution < 1.29 is 4.79 Å². The highest BCUT2D eigenvalue weighted by atomic mass is 16.2. The summed E-state index contributed by atoms with van der Waals surface area (Å²) >= 11 is 0. The molecule has 4 rings (SSSR count). The summed E-state index contributed by atoms with van der Waals surface area (Å²) < 4.78 is 1.15. The Hall–Kier alpha value is -3.16. The number of nitrogens with one attached hydrogen (secondary N) is 1. The molecule has 3 aromatic heterocycles. The van der Waals surface area contributed by atoms with Crippen molar-refractivity contribution in [3.8, 4) is 0 Å². The Morgan fingerprint density at radius 1 is 1.28 bits per heavy atom. The van der Waals surface area contributed by atoms with E-state index in [1.54, 1.807) is 19.1 Å². The molecule has 3 heterocycles. The molecule has 0 bridgehead atoms. The fourth-order valence-electron chi connectivity index (χ4n) is 2.71. The first-order chi connectivity index (χ1) is 12.1. The molecule has 3 aromatic rings. The number of rotatable bonds is 4. The first-order valence-corrected chi connectivity index (χ1v) is 8.07. The van der Waals surface area contributed by atoms with Crippen LogP contribution in [-0.4, -0.2) is 30.6 Å². The fourth-order valence-corrected chi connectivity index (χ4v) is 2.71. The molecular formula is C17H16N6O2. The summed E-state index contributed by atoms with van der Waals surface area (Å²) in [5.74, 6) is 0.277. The lowest BCUT2D eigenvalue weighted by atomic mass is 10.2. The van der Waals surface area contributed by atoms with E-state index in [0.717, 1.165) is 23.2 Å². The van der Waals surface area contributed by atoms with Crippen molar-refractivity contribution in [2.45, 2.75) is 32.2 Å². The quantitative estimate of drug-likeness (QED) is 0.772. The highest BCUT2D eigenvalue weighted by Crippen LogP contribution is 2.39. The van der Waals surface area contributed by atoms with Crippen LogP contribution in [0.15, 0.2) is 35.4 Å². The molecule has 126 valence electrons. The van der Waals surface area contributed by atoms with Gasteiger partial charge in [-0.2, -0.15) is 5.10 Å². The van der Waals surface area contributed by atoms with Gasteiger partial charge in [0.05, 0.1) is 16.6 Å². The molecule has 0 aromatic carbocycles. The molecule has 1 amide bonds. The van der Waals surface area contributed by atoms with Gasteiger partial charge in [0.2, 0.25) is 11.9 Å². The summed E-state index contributed by atoms with van der Waals surface area (Å²) in [4.78, 5) is 37.2. The van der Waals surface area contributed by atoms with E-state index in [0.29, 0.717) is 22.5 Å². The molecule has 0 atom stereocenters. The number of carbonyl (C=O) groups is 1. The van der Waals surface area contributed by atoms with Gasteiger partial charge < -0.3 is 0 Å². The van der Waals surface area contributed by atoms with E-state index < -0.39 is 5.91 Å². The average molecular weight is 336 g/mol. The summed E-state index contributed by atoms with van der Waals surface area (Å²) in [6.45, 7) is 1.58. The van der Waals surface area contributed by atoms with Crippen LogP contribution in [0.25, 0.3) is 10.9 Å². The maximum atomic E-state index is 12.6. The minimum absolute atomic E-state index is 0.189. The van der Waals surface area contributed by atoms with Crippen LogP contribution in [0.2, 0.25) is 0 Å². The number of pyridine rings is 1. The van der Waals surface area contributed by atoms with E-state index in [1.165, 1.54) is 12.4 Å². The van der Waals surface area contributed by atoms with E-state index in [4.69, 9.17) is 0 Å². The van der Waals surface area contributed by atoms with E-state index in [1.807, 2.05) is 6.07 Å². The molecule has 1 fully saturated rings. The van der Waals surface area contributed by atoms with Crippen molar-refractivity contribution in [1.29, 1.82) is 0 Å². The van der Waals surface area contributed by atoms with Gasteiger partial charge in [-0.15, -0.1) is 0 Å². The molecule has 0 saturated heterocycles. The second-order valence-corrected chi connectivity index (χ2v) is 6.08. The van der Waals surface area contributed by atoms with Crippen molar-refractivity contribution in [2.24, 2.45) is 0 Å². The second kappa shape index (κ2) is 6.04. The third-order valence-electron chi connectivity index (χ3n) is 4.10. The average Bonchev–Trinajstić information content (AvgIpc) is 3.45. The Bertz CT molecular complexity index is 1010. The first-order valence-electron chi connectivity index (χ1n) is 8.07. The highest BCUT2D eigenvalue weighted by molar-refractivity contribution is 5.89. The summed E-state index contributed by atoms with van der Waals surface area (Å²) in [5, 5.41) is 7.26. The predicted molar refractivity (Wildman–Crippen MR) is 91.2 cm³/mol. The Labute approximate surface area is 143 Å². The van der Waals surface area contributed by atoms with Gasteiger partial charge in [-0.05, 0) is 38.0 Å². The minimum Gasteiger partial charge on any atom is -0.293 e. The summed E-state index contributed by atoms with van der Waals surface area (Å²) in [7, 11) is 0. The number of nitrogens with zero attached hydrogens (tertiary/aromatic N) is 5. The Morgan fingerprint density at radius 2 is 2.04 bits per heavy atom. The Kier molecular flexibility index (Phi) is 3.72. The predicted octanol–water partition coefficient (Wildman–Crippen LogP) is 1.41. The van der Waals surface area contributed by atoms with E-state index >= 15 is 0 Å². The lowest BCUT2D eigenvalue weighted by molar-refractivity contribution is -0.117. The van der Waals surface area contributed by atoms with Gasteiger partial charge in [0.15, 0.2) is 0 Å². The zero-order valence-corrected chi connectivity index (χ0v) is 13.6. The molecule has 8 heteroatoms. The molecule has 0 unspecified atom stereocenters. The topological polar surface area (TPSA) is 103 Å². The maximum Gasteiger partial charge on any atom is 0.276 e. The van der Waals surface area contributed by atoms with Crippen LogP contribution in [0.1, 0.15) is 30.1 Å². The molecule has 1 saturated carbocycles. The van der Waals surface area contributed by atoms with Crippen LogP contribution < -0.4 is 10.9 Å². The van der Waals surface area contributed by atoms with Crippen molar-refractivity contribution in [1.82, 2.24) is 24.7 Å². The third-order valence-corrected chi connectivity index (χ3v) is 4.10. The van der Waals surface area contributed by atoms with Crippen LogP contribution in [-0.2, 0) is 11.3 Å². The normalized spacial score (nSPS) is 13.8. The lowest BCUT2D eigenvalue weighted by Crippen LogP contribution is -2.31. The van der Waals surface area contributed by atoms with Crippen molar-refractivity contribution in [2.75, 3.05) is 5.32 Å². The Balaban J connectivity index is 1.63. The number of hydrogen-bond acceptors (Lipinski definition) is 6. The van der Waals surface area contributed by atoms with Gasteiger partial charge in [0, 0.05) is 24.0 Å². The van der Waals surface area contributed by atoms with E-state index in [9.17, 15) is 9.59 Å². The van der Waals surface area contributed by atoms with Crippen molar-refractivity contribution >= 4 is 22.8 Å². The lowest BCUT2D eigenvalue weighted by Gasteiger charge is -2.09. The summed E-state index contributed by atoms with van der Waals surface area (Å²) in [6, 6.07) is 5.32. The van der Waals surface area contributed by atoms with Crippen molar-refractivity contribution in [3.05, 3.63) is 52.3 Å². The zero-order valence-electron chi connectivity index (χ0n) is 13.6. The third kappa shape index (κ3) is 3.10. The fraction of sp³-hybridized carbons (Fsp3) is 0.294. The summed E-state index contributed by atoms with van der Waals surface area (Å²) in [5.41, 5.74) is 1.91. The van der Waals surface area contributed by atoms with Gasteiger partial charge in [0.1, 0.15) is 6.54 Å². The van der Waals surface area contributed by atoms with Gasteiger partial charge in [-0.1, -0.05) is 0 Å². The molecule has 8 nitrogen and oxygen atoms in total. The minimum atomic E-state index is -0.415. The monoisotopic (exact) mass is 336 g/mol. The molecule has 1 aliphatic carbocycles. The number of amides is 1. The van der Waals surface area contributed by atoms with E-state index in [2.05, 4.69) is 25.4 Å². The van der Waals surface area contributed by atoms with Crippen LogP contribution in [0.5, 0.6) is 0 Å². The van der Waals surface area contributed by atoms with Crippen LogP contribution in [0, 0.1) is 6.92 Å². The van der Waals surface area contributed by atoms with Crippen molar-refractivity contribution in [3.63, 3.8) is 0 Å². The molecule has 25 heavy (non-hydrogen) atoms. The number of aromatic nitrogens is 5. The van der Waals surface area contributed by atoms with Gasteiger partial charge >= 0.3 is 0 Å². The second-order valence-electron chi connectivity index (χ2n) is 6.08. The first kappa shape index (κ1) is 15.4. The molecule has 1 aliphatic rings. The van der Waals surface area contributed by atoms with Gasteiger partial charge in [-0.25, -0.2) is 14.6 Å². The molecule has 1 N–H and O–H groups in total.